The van der Waals surface area contributed by atoms with E-state index < -0.39 is 0 Å². The Bertz CT molecular complexity index is 1680. The van der Waals surface area contributed by atoms with Gasteiger partial charge in [0.15, 0.2) is 0 Å². The summed E-state index contributed by atoms with van der Waals surface area (Å²) < 4.78 is 0. The number of nitrogens with zero attached hydrogens (tertiary/aromatic N) is 1. The third-order valence-electron chi connectivity index (χ3n) is 8.49. The van der Waals surface area contributed by atoms with E-state index in [4.69, 9.17) is 0 Å². The molecule has 0 saturated heterocycles. The predicted octanol–water partition coefficient (Wildman–Crippen LogP) is 8.61. The monoisotopic (exact) mass is 520 g/mol. The molecule has 0 spiro atoms. The molecule has 3 aromatic rings. The summed E-state index contributed by atoms with van der Waals surface area (Å²) >= 11 is 0. The number of benzene rings is 3. The number of rotatable bonds is 2. The number of nitrogens with one attached hydrogen (secondary N) is 1. The average Bonchev–Trinajstić information content (AvgIpc) is 2.89. The Morgan fingerprint density at radius 2 is 1.38 bits per heavy atom. The average molecular weight is 521 g/mol. The lowest BCUT2D eigenvalue weighted by Gasteiger charge is -2.32. The van der Waals surface area contributed by atoms with Gasteiger partial charge in [0, 0.05) is 17.8 Å². The molecule has 0 radical (unpaired) electrons. The lowest BCUT2D eigenvalue weighted by molar-refractivity contribution is 0.790. The molecular formula is C37H37BN2. The van der Waals surface area contributed by atoms with Crippen LogP contribution < -0.4 is 5.23 Å². The van der Waals surface area contributed by atoms with Crippen LogP contribution in [0.25, 0.3) is 33.9 Å². The van der Waals surface area contributed by atoms with Crippen molar-refractivity contribution in [1.82, 2.24) is 5.23 Å². The van der Waals surface area contributed by atoms with Gasteiger partial charge in [0.2, 0.25) is 0 Å². The van der Waals surface area contributed by atoms with Gasteiger partial charge in [-0.1, -0.05) is 77.9 Å². The second-order valence-electron chi connectivity index (χ2n) is 11.6. The van der Waals surface area contributed by atoms with E-state index in [9.17, 15) is 0 Å². The number of aryl methyl sites for hydroxylation is 6. The summed E-state index contributed by atoms with van der Waals surface area (Å²) in [6.45, 7) is 13.5. The smallest absolute Gasteiger partial charge is 0.373 e. The molecule has 0 aromatic heterocycles. The number of fused-ring (bicyclic) bond motifs is 6. The van der Waals surface area contributed by atoms with E-state index in [1.54, 1.807) is 0 Å². The molecule has 0 amide bonds. The van der Waals surface area contributed by atoms with Gasteiger partial charge >= 0.3 is 7.55 Å². The van der Waals surface area contributed by atoms with Crippen LogP contribution in [0.4, 0.5) is 0 Å². The fraction of sp³-hybridized carbons (Fsp3) is 0.216. The van der Waals surface area contributed by atoms with E-state index in [0.717, 1.165) is 6.42 Å². The Kier molecular flexibility index (Phi) is 6.84. The van der Waals surface area contributed by atoms with Crippen LogP contribution in [0.5, 0.6) is 0 Å². The second kappa shape index (κ2) is 10.5. The van der Waals surface area contributed by atoms with Gasteiger partial charge in [-0.05, 0) is 127 Å². The molecular weight excluding hydrogens is 483 g/mol. The zero-order valence-corrected chi connectivity index (χ0v) is 24.5. The fourth-order valence-corrected chi connectivity index (χ4v) is 7.10. The quantitative estimate of drug-likeness (QED) is 0.336. The normalized spacial score (nSPS) is 19.1. The summed E-state index contributed by atoms with van der Waals surface area (Å²) in [5, 5.41) is 3.67. The van der Waals surface area contributed by atoms with Crippen molar-refractivity contribution in [3.8, 4) is 22.3 Å². The first kappa shape index (κ1) is 26.1. The van der Waals surface area contributed by atoms with Gasteiger partial charge in [0.1, 0.15) is 0 Å². The molecule has 1 N–H and O–H groups in total. The molecule has 2 bridgehead atoms. The first-order valence-corrected chi connectivity index (χ1v) is 14.4. The van der Waals surface area contributed by atoms with Crippen molar-refractivity contribution in [3.63, 3.8) is 0 Å². The Hall–Kier alpha value is -4.11. The summed E-state index contributed by atoms with van der Waals surface area (Å²) in [4.78, 5) is 4.66. The first-order valence-electron chi connectivity index (χ1n) is 14.4. The molecule has 198 valence electrons. The first-order chi connectivity index (χ1) is 19.3. The van der Waals surface area contributed by atoms with Gasteiger partial charge in [-0.3, -0.25) is 0 Å². The highest BCUT2D eigenvalue weighted by atomic mass is 14.9. The minimum atomic E-state index is 0.295. The van der Waals surface area contributed by atoms with Crippen molar-refractivity contribution in [2.75, 3.05) is 0 Å². The van der Waals surface area contributed by atoms with Gasteiger partial charge in [-0.2, -0.15) is 0 Å². The predicted molar refractivity (Wildman–Crippen MR) is 175 cm³/mol. The maximum absolute atomic E-state index is 4.66. The van der Waals surface area contributed by atoms with Crippen molar-refractivity contribution < 1.29 is 0 Å². The van der Waals surface area contributed by atoms with E-state index in [1.807, 2.05) is 6.21 Å². The van der Waals surface area contributed by atoms with E-state index in [1.165, 1.54) is 83.6 Å². The molecule has 0 saturated carbocycles. The number of hydrogen-bond acceptors (Lipinski definition) is 2. The Balaban J connectivity index is 1.82. The lowest BCUT2D eigenvalue weighted by Crippen LogP contribution is -2.23. The summed E-state index contributed by atoms with van der Waals surface area (Å²) in [6.07, 6.45) is 18.5. The molecule has 6 rings (SSSR count). The van der Waals surface area contributed by atoms with Crippen LogP contribution in [0.1, 0.15) is 50.9 Å². The highest BCUT2D eigenvalue weighted by Crippen LogP contribution is 2.50. The van der Waals surface area contributed by atoms with Crippen LogP contribution in [0.3, 0.4) is 0 Å². The van der Waals surface area contributed by atoms with Crippen molar-refractivity contribution >= 4 is 25.4 Å². The molecule has 2 aliphatic carbocycles. The summed E-state index contributed by atoms with van der Waals surface area (Å²) in [6, 6.07) is 14.0. The van der Waals surface area contributed by atoms with Crippen LogP contribution in [-0.2, 0) is 0 Å². The molecule has 1 aliphatic heterocycles. The molecule has 3 aliphatic rings. The molecule has 1 unspecified atom stereocenters. The third kappa shape index (κ3) is 4.54. The number of allylic oxidation sites excluding steroid dienone is 8. The highest BCUT2D eigenvalue weighted by Gasteiger charge is 2.30. The zero-order chi connectivity index (χ0) is 28.0. The SMILES string of the molecule is Cc1cc(C)c(-c2c3ccc(c2-c2c(C)cc(C)cc2C)C2=C(C=CC4=CC=CCC42)NB/N=C/C=C\3)c(C)c1. The van der Waals surface area contributed by atoms with Crippen molar-refractivity contribution in [2.45, 2.75) is 48.0 Å². The van der Waals surface area contributed by atoms with E-state index in [-0.39, 0.29) is 0 Å². The molecule has 0 fully saturated rings. The van der Waals surface area contributed by atoms with E-state index in [0.29, 0.717) is 13.5 Å². The zero-order valence-electron chi connectivity index (χ0n) is 24.5. The Morgan fingerprint density at radius 1 is 0.725 bits per heavy atom. The molecule has 1 atom stereocenters. The summed E-state index contributed by atoms with van der Waals surface area (Å²) in [7, 11) is 0.548. The van der Waals surface area contributed by atoms with Crippen molar-refractivity contribution in [2.24, 2.45) is 10.8 Å². The molecule has 2 nitrogen and oxygen atoms in total. The summed E-state index contributed by atoms with van der Waals surface area (Å²) in [5.41, 5.74) is 19.6. The van der Waals surface area contributed by atoms with E-state index >= 15 is 0 Å². The lowest BCUT2D eigenvalue weighted by atomic mass is 9.72. The van der Waals surface area contributed by atoms with Gasteiger partial charge in [-0.25, -0.2) is 0 Å². The van der Waals surface area contributed by atoms with Crippen LogP contribution in [0.2, 0.25) is 0 Å². The van der Waals surface area contributed by atoms with Gasteiger partial charge in [0.05, 0.1) is 0 Å². The highest BCUT2D eigenvalue weighted by molar-refractivity contribution is 6.33. The topological polar surface area (TPSA) is 24.4 Å². The maximum Gasteiger partial charge on any atom is 0.373 e. The maximum atomic E-state index is 4.66. The molecule has 3 heteroatoms. The standard InChI is InChI=1S/C37H37BN2/c1-22-18-24(3)33(25(4)19-22)35-29-11-9-17-39-38-40-32-16-14-28-10-7-8-12-30(28)36(32)31(15-13-29)37(35)34-26(5)20-23(2)21-27(34)6/h7-11,13-21,30,38,40H,12H2,1-6H3/b11-9-,39-17+. The number of hydrogen-bond donors (Lipinski definition) is 1. The largest absolute Gasteiger partial charge is 0.411 e. The van der Waals surface area contributed by atoms with Crippen LogP contribution in [-0.4, -0.2) is 13.8 Å². The van der Waals surface area contributed by atoms with Crippen LogP contribution in [0.15, 0.2) is 89.0 Å². The molecule has 40 heavy (non-hydrogen) atoms. The molecule has 3 aromatic carbocycles. The summed E-state index contributed by atoms with van der Waals surface area (Å²) in [5.74, 6) is 0.295. The van der Waals surface area contributed by atoms with Crippen molar-refractivity contribution in [3.05, 3.63) is 129 Å². The van der Waals surface area contributed by atoms with Gasteiger partial charge < -0.3 is 10.1 Å². The van der Waals surface area contributed by atoms with Crippen molar-refractivity contribution in [1.29, 1.82) is 0 Å². The molecule has 1 heterocycles. The van der Waals surface area contributed by atoms with Gasteiger partial charge in [-0.15, -0.1) is 0 Å². The minimum Gasteiger partial charge on any atom is -0.411 e. The minimum absolute atomic E-state index is 0.295. The van der Waals surface area contributed by atoms with Crippen LogP contribution in [0, 0.1) is 47.5 Å². The van der Waals surface area contributed by atoms with E-state index in [2.05, 4.69) is 131 Å². The third-order valence-corrected chi connectivity index (χ3v) is 8.49. The Morgan fingerprint density at radius 3 is 2.05 bits per heavy atom. The van der Waals surface area contributed by atoms with Gasteiger partial charge in [0.25, 0.3) is 0 Å². The Labute approximate surface area is 239 Å². The fourth-order valence-electron chi connectivity index (χ4n) is 7.10. The second-order valence-corrected chi connectivity index (χ2v) is 11.6. The van der Waals surface area contributed by atoms with Crippen LogP contribution >= 0.6 is 0 Å².